The van der Waals surface area contributed by atoms with Crippen molar-refractivity contribution in [3.05, 3.63) is 24.3 Å². The Kier molecular flexibility index (Phi) is 5.60. The van der Waals surface area contributed by atoms with Crippen LogP contribution in [0, 0.1) is 11.8 Å². The van der Waals surface area contributed by atoms with Gasteiger partial charge in [0.15, 0.2) is 0 Å². The number of hydrogen-bond acceptors (Lipinski definition) is 4. The minimum atomic E-state index is 0.255. The summed E-state index contributed by atoms with van der Waals surface area (Å²) in [6, 6.07) is 0.298. The molecule has 2 fully saturated rings. The number of carbonyl (C=O) groups excluding carboxylic acids is 1. The van der Waals surface area contributed by atoms with Crippen LogP contribution in [0.2, 0.25) is 0 Å². The summed E-state index contributed by atoms with van der Waals surface area (Å²) >= 11 is 0. The lowest BCUT2D eigenvalue weighted by Gasteiger charge is -2.26. The van der Waals surface area contributed by atoms with E-state index in [9.17, 15) is 4.79 Å². The number of nitrogens with one attached hydrogen (secondary N) is 1. The third-order valence-corrected chi connectivity index (χ3v) is 5.24. The lowest BCUT2D eigenvalue weighted by atomic mass is 9.82. The fourth-order valence-electron chi connectivity index (χ4n) is 3.81. The quantitative estimate of drug-likeness (QED) is 0.839. The molecular formula is C18H28N4O. The standard InChI is InChI=1S/C18H28N4O/c1-2-4-16-11-22(10-15-8-19-13-20-9-15)12-17(16)21-18(23)7-14-5-3-6-14/h8-9,13-14,16-17H,2-7,10-12H2,1H3,(H,21,23)/t16-,17-/m0/s1. The SMILES string of the molecule is CCC[C@H]1CN(Cc2cncnc2)C[C@@H]1NC(=O)CC1CCC1. The Morgan fingerprint density at radius 3 is 2.74 bits per heavy atom. The topological polar surface area (TPSA) is 58.1 Å². The molecule has 5 nitrogen and oxygen atoms in total. The third kappa shape index (κ3) is 4.50. The molecule has 5 heteroatoms. The summed E-state index contributed by atoms with van der Waals surface area (Å²) in [6.07, 6.45) is 12.2. The molecule has 126 valence electrons. The average molecular weight is 316 g/mol. The Labute approximate surface area is 138 Å². The summed E-state index contributed by atoms with van der Waals surface area (Å²) in [5.41, 5.74) is 1.14. The summed E-state index contributed by atoms with van der Waals surface area (Å²) in [7, 11) is 0. The average Bonchev–Trinajstić information content (AvgIpc) is 2.86. The van der Waals surface area contributed by atoms with Crippen LogP contribution in [0.3, 0.4) is 0 Å². The van der Waals surface area contributed by atoms with E-state index in [1.807, 2.05) is 12.4 Å². The van der Waals surface area contributed by atoms with Crippen molar-refractivity contribution >= 4 is 5.91 Å². The van der Waals surface area contributed by atoms with Gasteiger partial charge in [-0.25, -0.2) is 9.97 Å². The first-order valence-electron chi connectivity index (χ1n) is 9.00. The molecule has 2 aliphatic rings. The van der Waals surface area contributed by atoms with Crippen LogP contribution in [0.25, 0.3) is 0 Å². The van der Waals surface area contributed by atoms with Gasteiger partial charge in [0.25, 0.3) is 0 Å². The molecule has 3 rings (SSSR count). The van der Waals surface area contributed by atoms with Gasteiger partial charge in [0.2, 0.25) is 5.91 Å². The van der Waals surface area contributed by atoms with Crippen LogP contribution >= 0.6 is 0 Å². The van der Waals surface area contributed by atoms with E-state index < -0.39 is 0 Å². The summed E-state index contributed by atoms with van der Waals surface area (Å²) in [4.78, 5) is 22.9. The smallest absolute Gasteiger partial charge is 0.220 e. The molecule has 0 spiro atoms. The summed E-state index contributed by atoms with van der Waals surface area (Å²) in [5, 5.41) is 3.32. The van der Waals surface area contributed by atoms with Crippen molar-refractivity contribution in [1.82, 2.24) is 20.2 Å². The molecule has 0 radical (unpaired) electrons. The first-order chi connectivity index (χ1) is 11.2. The van der Waals surface area contributed by atoms with Crippen LogP contribution in [0.1, 0.15) is 51.0 Å². The maximum Gasteiger partial charge on any atom is 0.220 e. The van der Waals surface area contributed by atoms with Crippen LogP contribution in [-0.4, -0.2) is 39.9 Å². The lowest BCUT2D eigenvalue weighted by Crippen LogP contribution is -2.41. The van der Waals surface area contributed by atoms with Crippen LogP contribution in [0.5, 0.6) is 0 Å². The van der Waals surface area contributed by atoms with Gasteiger partial charge >= 0.3 is 0 Å². The molecule has 1 saturated carbocycles. The van der Waals surface area contributed by atoms with Gasteiger partial charge in [0, 0.05) is 50.1 Å². The van der Waals surface area contributed by atoms with Crippen LogP contribution < -0.4 is 5.32 Å². The molecule has 1 aromatic rings. The number of aromatic nitrogens is 2. The Morgan fingerprint density at radius 2 is 2.09 bits per heavy atom. The van der Waals surface area contributed by atoms with Crippen LogP contribution in [0.15, 0.2) is 18.7 Å². The molecule has 2 heterocycles. The zero-order valence-electron chi connectivity index (χ0n) is 14.1. The fraction of sp³-hybridized carbons (Fsp3) is 0.722. The number of carbonyl (C=O) groups is 1. The first kappa shape index (κ1) is 16.4. The molecule has 1 aliphatic carbocycles. The Balaban J connectivity index is 1.53. The maximum atomic E-state index is 12.3. The molecule has 0 aromatic carbocycles. The minimum Gasteiger partial charge on any atom is -0.352 e. The third-order valence-electron chi connectivity index (χ3n) is 5.24. The molecule has 1 aliphatic heterocycles. The van der Waals surface area contributed by atoms with E-state index in [4.69, 9.17) is 0 Å². The molecule has 2 atom stereocenters. The second-order valence-corrected chi connectivity index (χ2v) is 7.16. The van der Waals surface area contributed by atoms with Crippen molar-refractivity contribution in [3.63, 3.8) is 0 Å². The van der Waals surface area contributed by atoms with Crippen LogP contribution in [0.4, 0.5) is 0 Å². The van der Waals surface area contributed by atoms with E-state index in [-0.39, 0.29) is 5.91 Å². The molecule has 1 amide bonds. The van der Waals surface area contributed by atoms with Gasteiger partial charge in [-0.05, 0) is 31.1 Å². The molecule has 0 bridgehead atoms. The highest BCUT2D eigenvalue weighted by Crippen LogP contribution is 2.30. The molecule has 0 unspecified atom stereocenters. The second kappa shape index (κ2) is 7.86. The van der Waals surface area contributed by atoms with Gasteiger partial charge in [0.1, 0.15) is 6.33 Å². The zero-order chi connectivity index (χ0) is 16.1. The highest BCUT2D eigenvalue weighted by atomic mass is 16.1. The second-order valence-electron chi connectivity index (χ2n) is 7.16. The predicted octanol–water partition coefficient (Wildman–Crippen LogP) is 2.38. The summed E-state index contributed by atoms with van der Waals surface area (Å²) < 4.78 is 0. The Morgan fingerprint density at radius 1 is 1.30 bits per heavy atom. The van der Waals surface area contributed by atoms with E-state index in [0.29, 0.717) is 17.9 Å². The van der Waals surface area contributed by atoms with Gasteiger partial charge in [-0.2, -0.15) is 0 Å². The van der Waals surface area contributed by atoms with Crippen molar-refractivity contribution in [2.24, 2.45) is 11.8 Å². The lowest BCUT2D eigenvalue weighted by molar-refractivity contribution is -0.123. The molecule has 23 heavy (non-hydrogen) atoms. The van der Waals surface area contributed by atoms with Crippen molar-refractivity contribution in [3.8, 4) is 0 Å². The Hall–Kier alpha value is -1.49. The van der Waals surface area contributed by atoms with Crippen molar-refractivity contribution in [1.29, 1.82) is 0 Å². The number of hydrogen-bond donors (Lipinski definition) is 1. The van der Waals surface area contributed by atoms with Gasteiger partial charge in [-0.1, -0.05) is 19.8 Å². The fourth-order valence-corrected chi connectivity index (χ4v) is 3.81. The molecule has 1 N–H and O–H groups in total. The largest absolute Gasteiger partial charge is 0.352 e. The number of rotatable bonds is 7. The number of amides is 1. The molecule has 1 aromatic heterocycles. The highest BCUT2D eigenvalue weighted by molar-refractivity contribution is 5.76. The van der Waals surface area contributed by atoms with E-state index >= 15 is 0 Å². The monoisotopic (exact) mass is 316 g/mol. The summed E-state index contributed by atoms with van der Waals surface area (Å²) in [5.74, 6) is 1.46. The zero-order valence-corrected chi connectivity index (χ0v) is 14.1. The minimum absolute atomic E-state index is 0.255. The maximum absolute atomic E-state index is 12.3. The normalized spacial score (nSPS) is 25.3. The van der Waals surface area contributed by atoms with E-state index in [1.165, 1.54) is 32.1 Å². The van der Waals surface area contributed by atoms with E-state index in [1.54, 1.807) is 6.33 Å². The van der Waals surface area contributed by atoms with Crippen LogP contribution in [-0.2, 0) is 11.3 Å². The van der Waals surface area contributed by atoms with E-state index in [0.717, 1.165) is 31.6 Å². The van der Waals surface area contributed by atoms with Gasteiger partial charge < -0.3 is 5.32 Å². The Bertz CT molecular complexity index is 503. The number of likely N-dealkylation sites (tertiary alicyclic amines) is 1. The first-order valence-corrected chi connectivity index (χ1v) is 9.00. The van der Waals surface area contributed by atoms with Crippen molar-refractivity contribution < 1.29 is 4.79 Å². The van der Waals surface area contributed by atoms with Crippen molar-refractivity contribution in [2.75, 3.05) is 13.1 Å². The number of nitrogens with zero attached hydrogens (tertiary/aromatic N) is 3. The van der Waals surface area contributed by atoms with Gasteiger partial charge in [-0.3, -0.25) is 9.69 Å². The van der Waals surface area contributed by atoms with E-state index in [2.05, 4.69) is 27.1 Å². The van der Waals surface area contributed by atoms with Crippen molar-refractivity contribution in [2.45, 2.75) is 58.0 Å². The molecule has 1 saturated heterocycles. The molecular weight excluding hydrogens is 288 g/mol. The highest BCUT2D eigenvalue weighted by Gasteiger charge is 2.33. The van der Waals surface area contributed by atoms with Gasteiger partial charge in [-0.15, -0.1) is 0 Å². The predicted molar refractivity (Wildman–Crippen MR) is 89.6 cm³/mol. The summed E-state index contributed by atoms with van der Waals surface area (Å²) in [6.45, 7) is 5.09. The van der Waals surface area contributed by atoms with Gasteiger partial charge in [0.05, 0.1) is 0 Å².